The smallest absolute Gasteiger partial charge is 0.126 e. The summed E-state index contributed by atoms with van der Waals surface area (Å²) in [5.74, 6) is 1.77. The summed E-state index contributed by atoms with van der Waals surface area (Å²) in [7, 11) is 0. The van der Waals surface area contributed by atoms with Crippen LogP contribution >= 0.6 is 0 Å². The summed E-state index contributed by atoms with van der Waals surface area (Å²) in [6, 6.07) is 6.41. The Kier molecular flexibility index (Phi) is 4.04. The van der Waals surface area contributed by atoms with Crippen molar-refractivity contribution >= 4 is 0 Å². The van der Waals surface area contributed by atoms with Gasteiger partial charge in [-0.15, -0.1) is 0 Å². The molecule has 0 amide bonds. The van der Waals surface area contributed by atoms with Gasteiger partial charge < -0.3 is 14.8 Å². The van der Waals surface area contributed by atoms with Gasteiger partial charge in [0.1, 0.15) is 11.9 Å². The zero-order valence-corrected chi connectivity index (χ0v) is 11.7. The Bertz CT molecular complexity index is 427. The Morgan fingerprint density at radius 2 is 2.11 bits per heavy atom. The topological polar surface area (TPSA) is 30.5 Å². The van der Waals surface area contributed by atoms with Crippen LogP contribution in [0.2, 0.25) is 0 Å². The fourth-order valence-electron chi connectivity index (χ4n) is 2.96. The van der Waals surface area contributed by atoms with Gasteiger partial charge in [0, 0.05) is 13.0 Å². The number of aryl methyl sites for hydroxylation is 1. The van der Waals surface area contributed by atoms with Crippen LogP contribution in [0.15, 0.2) is 18.2 Å². The Balaban J connectivity index is 1.43. The maximum absolute atomic E-state index is 5.91. The Hall–Kier alpha value is -1.06. The second kappa shape index (κ2) is 5.93. The van der Waals surface area contributed by atoms with Crippen molar-refractivity contribution < 1.29 is 9.47 Å². The molecule has 19 heavy (non-hydrogen) atoms. The third-order valence-electron chi connectivity index (χ3n) is 4.07. The zero-order chi connectivity index (χ0) is 13.1. The molecule has 1 unspecified atom stereocenters. The molecule has 1 aromatic carbocycles. The molecule has 1 atom stereocenters. The van der Waals surface area contributed by atoms with Crippen molar-refractivity contribution in [2.24, 2.45) is 5.92 Å². The van der Waals surface area contributed by atoms with Crippen LogP contribution in [0.25, 0.3) is 0 Å². The van der Waals surface area contributed by atoms with Crippen LogP contribution in [0, 0.1) is 12.8 Å². The van der Waals surface area contributed by atoms with Crippen LogP contribution < -0.4 is 10.1 Å². The van der Waals surface area contributed by atoms with Gasteiger partial charge in [-0.25, -0.2) is 0 Å². The molecule has 1 saturated heterocycles. The lowest BCUT2D eigenvalue weighted by atomic mass is 9.99. The fourth-order valence-corrected chi connectivity index (χ4v) is 2.96. The second-order valence-corrected chi connectivity index (χ2v) is 5.79. The van der Waals surface area contributed by atoms with Crippen LogP contribution in [0.3, 0.4) is 0 Å². The summed E-state index contributed by atoms with van der Waals surface area (Å²) in [6.07, 6.45) is 3.68. The van der Waals surface area contributed by atoms with E-state index in [1.54, 1.807) is 0 Å². The largest absolute Gasteiger partial charge is 0.487 e. The lowest BCUT2D eigenvalue weighted by Crippen LogP contribution is -2.31. The molecule has 1 fully saturated rings. The SMILES string of the molecule is Cc1ccc2c(c1)CC(COCC1CCNCC1)O2. The van der Waals surface area contributed by atoms with E-state index in [0.29, 0.717) is 0 Å². The molecule has 1 aromatic rings. The average molecular weight is 261 g/mol. The van der Waals surface area contributed by atoms with Crippen molar-refractivity contribution in [1.29, 1.82) is 0 Å². The third-order valence-corrected chi connectivity index (χ3v) is 4.07. The lowest BCUT2D eigenvalue weighted by molar-refractivity contribution is 0.0352. The zero-order valence-electron chi connectivity index (χ0n) is 11.7. The first-order valence-electron chi connectivity index (χ1n) is 7.36. The standard InChI is InChI=1S/C16H23NO2/c1-12-2-3-16-14(8-12)9-15(19-16)11-18-10-13-4-6-17-7-5-13/h2-3,8,13,15,17H,4-7,9-11H2,1H3. The summed E-state index contributed by atoms with van der Waals surface area (Å²) in [5, 5.41) is 3.38. The van der Waals surface area contributed by atoms with Crippen molar-refractivity contribution in [2.45, 2.75) is 32.3 Å². The fraction of sp³-hybridized carbons (Fsp3) is 0.625. The van der Waals surface area contributed by atoms with Crippen LogP contribution in [-0.4, -0.2) is 32.4 Å². The van der Waals surface area contributed by atoms with Crippen LogP contribution in [0.5, 0.6) is 5.75 Å². The summed E-state index contributed by atoms with van der Waals surface area (Å²) >= 11 is 0. The number of hydrogen-bond acceptors (Lipinski definition) is 3. The number of fused-ring (bicyclic) bond motifs is 1. The van der Waals surface area contributed by atoms with E-state index in [1.807, 2.05) is 0 Å². The molecule has 0 saturated carbocycles. The minimum Gasteiger partial charge on any atom is -0.487 e. The van der Waals surface area contributed by atoms with Crippen molar-refractivity contribution in [2.75, 3.05) is 26.3 Å². The molecule has 2 aliphatic heterocycles. The first-order valence-corrected chi connectivity index (χ1v) is 7.36. The molecule has 0 aliphatic carbocycles. The van der Waals surface area contributed by atoms with Gasteiger partial charge in [0.2, 0.25) is 0 Å². The highest BCUT2D eigenvalue weighted by atomic mass is 16.5. The quantitative estimate of drug-likeness (QED) is 0.902. The molecule has 3 rings (SSSR count). The molecule has 0 bridgehead atoms. The molecule has 3 heteroatoms. The van der Waals surface area contributed by atoms with Crippen LogP contribution in [0.4, 0.5) is 0 Å². The summed E-state index contributed by atoms with van der Waals surface area (Å²) < 4.78 is 11.8. The van der Waals surface area contributed by atoms with E-state index >= 15 is 0 Å². The van der Waals surface area contributed by atoms with E-state index in [9.17, 15) is 0 Å². The summed E-state index contributed by atoms with van der Waals surface area (Å²) in [6.45, 7) is 6.01. The van der Waals surface area contributed by atoms with Crippen molar-refractivity contribution in [3.05, 3.63) is 29.3 Å². The van der Waals surface area contributed by atoms with E-state index in [-0.39, 0.29) is 6.10 Å². The average Bonchev–Trinajstić information content (AvgIpc) is 2.82. The van der Waals surface area contributed by atoms with Crippen LogP contribution in [-0.2, 0) is 11.2 Å². The first kappa shape index (κ1) is 12.9. The Morgan fingerprint density at radius 1 is 1.26 bits per heavy atom. The van der Waals surface area contributed by atoms with Crippen molar-refractivity contribution in [3.8, 4) is 5.75 Å². The van der Waals surface area contributed by atoms with Gasteiger partial charge in [0.05, 0.1) is 6.61 Å². The van der Waals surface area contributed by atoms with E-state index in [1.165, 1.54) is 24.0 Å². The van der Waals surface area contributed by atoms with E-state index in [2.05, 4.69) is 30.4 Å². The highest BCUT2D eigenvalue weighted by molar-refractivity contribution is 5.40. The van der Waals surface area contributed by atoms with Gasteiger partial charge in [0.25, 0.3) is 0 Å². The van der Waals surface area contributed by atoms with Gasteiger partial charge in [-0.2, -0.15) is 0 Å². The number of hydrogen-bond donors (Lipinski definition) is 1. The maximum Gasteiger partial charge on any atom is 0.126 e. The third kappa shape index (κ3) is 3.28. The molecule has 2 aliphatic rings. The lowest BCUT2D eigenvalue weighted by Gasteiger charge is -2.23. The van der Waals surface area contributed by atoms with Gasteiger partial charge in [-0.1, -0.05) is 17.7 Å². The van der Waals surface area contributed by atoms with E-state index in [4.69, 9.17) is 9.47 Å². The molecule has 2 heterocycles. The van der Waals surface area contributed by atoms with Gasteiger partial charge in [-0.3, -0.25) is 0 Å². The normalized spacial score (nSPS) is 23.1. The minimum atomic E-state index is 0.207. The first-order chi connectivity index (χ1) is 9.31. The summed E-state index contributed by atoms with van der Waals surface area (Å²) in [5.41, 5.74) is 2.63. The molecule has 3 nitrogen and oxygen atoms in total. The number of nitrogens with one attached hydrogen (secondary N) is 1. The Labute approximate surface area is 115 Å². The predicted molar refractivity (Wildman–Crippen MR) is 75.7 cm³/mol. The number of ether oxygens (including phenoxy) is 2. The number of benzene rings is 1. The molecule has 0 aromatic heterocycles. The van der Waals surface area contributed by atoms with E-state index in [0.717, 1.165) is 44.4 Å². The number of rotatable bonds is 4. The molecular formula is C16H23NO2. The highest BCUT2D eigenvalue weighted by Crippen LogP contribution is 2.29. The predicted octanol–water partition coefficient (Wildman–Crippen LogP) is 2.31. The number of piperidine rings is 1. The monoisotopic (exact) mass is 261 g/mol. The molecule has 104 valence electrons. The maximum atomic E-state index is 5.91. The van der Waals surface area contributed by atoms with E-state index < -0.39 is 0 Å². The van der Waals surface area contributed by atoms with Gasteiger partial charge in [0.15, 0.2) is 0 Å². The minimum absolute atomic E-state index is 0.207. The Morgan fingerprint density at radius 3 is 2.95 bits per heavy atom. The molecule has 0 spiro atoms. The second-order valence-electron chi connectivity index (χ2n) is 5.79. The highest BCUT2D eigenvalue weighted by Gasteiger charge is 2.23. The van der Waals surface area contributed by atoms with Crippen molar-refractivity contribution in [1.82, 2.24) is 5.32 Å². The molecule has 0 radical (unpaired) electrons. The van der Waals surface area contributed by atoms with Crippen molar-refractivity contribution in [3.63, 3.8) is 0 Å². The molecular weight excluding hydrogens is 238 g/mol. The summed E-state index contributed by atoms with van der Waals surface area (Å²) in [4.78, 5) is 0. The van der Waals surface area contributed by atoms with Gasteiger partial charge >= 0.3 is 0 Å². The van der Waals surface area contributed by atoms with Crippen LogP contribution in [0.1, 0.15) is 24.0 Å². The van der Waals surface area contributed by atoms with Gasteiger partial charge in [-0.05, 0) is 50.4 Å². The molecule has 1 N–H and O–H groups in total.